The Hall–Kier alpha value is -1.99. The van der Waals surface area contributed by atoms with E-state index >= 15 is 0 Å². The molecule has 1 heterocycles. The maximum Gasteiger partial charge on any atom is 0.315 e. The van der Waals surface area contributed by atoms with Crippen molar-refractivity contribution in [2.24, 2.45) is 17.8 Å². The summed E-state index contributed by atoms with van der Waals surface area (Å²) in [6.07, 6.45) is 7.43. The lowest BCUT2D eigenvalue weighted by atomic mass is 9.53. The molecule has 0 radical (unpaired) electrons. The van der Waals surface area contributed by atoms with Crippen LogP contribution in [0.1, 0.15) is 56.1 Å². The number of carbonyl (C=O) groups is 2. The normalized spacial score (nSPS) is 30.3. The van der Waals surface area contributed by atoms with E-state index in [0.717, 1.165) is 42.6 Å². The summed E-state index contributed by atoms with van der Waals surface area (Å²) < 4.78 is 16.2. The predicted molar refractivity (Wildman–Crippen MR) is 114 cm³/mol. The molecule has 168 valence electrons. The summed E-state index contributed by atoms with van der Waals surface area (Å²) >= 11 is 6.14. The molecular weight excluding hydrogens is 420 g/mol. The summed E-state index contributed by atoms with van der Waals surface area (Å²) in [5.74, 6) is 2.60. The van der Waals surface area contributed by atoms with E-state index in [1.165, 1.54) is 19.3 Å². The van der Waals surface area contributed by atoms with Crippen LogP contribution in [-0.2, 0) is 27.5 Å². The first-order chi connectivity index (χ1) is 15.0. The molecule has 0 unspecified atom stereocenters. The number of nitrogens with one attached hydrogen (secondary N) is 2. The van der Waals surface area contributed by atoms with Crippen molar-refractivity contribution in [3.05, 3.63) is 28.3 Å². The van der Waals surface area contributed by atoms with E-state index in [1.807, 2.05) is 0 Å². The molecule has 1 aliphatic heterocycles. The molecule has 0 atom stereocenters. The van der Waals surface area contributed by atoms with Gasteiger partial charge in [-0.1, -0.05) is 11.6 Å². The lowest BCUT2D eigenvalue weighted by Gasteiger charge is -2.56. The van der Waals surface area contributed by atoms with Gasteiger partial charge in [0.1, 0.15) is 12.4 Å². The summed E-state index contributed by atoms with van der Waals surface area (Å²) in [6.45, 7) is 0.897. The highest BCUT2D eigenvalue weighted by Gasteiger charge is 2.51. The zero-order chi connectivity index (χ0) is 21.4. The maximum absolute atomic E-state index is 12.5. The lowest BCUT2D eigenvalue weighted by Crippen LogP contribution is -2.61. The van der Waals surface area contributed by atoms with Crippen molar-refractivity contribution in [2.75, 3.05) is 13.3 Å². The van der Waals surface area contributed by atoms with Gasteiger partial charge in [-0.15, -0.1) is 0 Å². The van der Waals surface area contributed by atoms with Crippen molar-refractivity contribution in [3.63, 3.8) is 0 Å². The van der Waals surface area contributed by atoms with Gasteiger partial charge in [-0.25, -0.2) is 4.79 Å². The van der Waals surface area contributed by atoms with E-state index < -0.39 is 0 Å². The zero-order valence-corrected chi connectivity index (χ0v) is 18.3. The van der Waals surface area contributed by atoms with Crippen LogP contribution in [0.4, 0.5) is 4.79 Å². The van der Waals surface area contributed by atoms with Crippen LogP contribution < -0.4 is 15.4 Å². The number of hydrogen-bond acceptors (Lipinski definition) is 5. The predicted octanol–water partition coefficient (Wildman–Crippen LogP) is 3.91. The third-order valence-corrected chi connectivity index (χ3v) is 7.39. The van der Waals surface area contributed by atoms with E-state index in [1.54, 1.807) is 12.1 Å². The molecule has 1 aromatic rings. The van der Waals surface area contributed by atoms with Crippen molar-refractivity contribution < 1.29 is 23.8 Å². The molecule has 2 N–H and O–H groups in total. The zero-order valence-electron chi connectivity index (χ0n) is 17.6. The molecule has 4 fully saturated rings. The van der Waals surface area contributed by atoms with Crippen molar-refractivity contribution in [1.82, 2.24) is 10.6 Å². The average Bonchev–Trinajstić information content (AvgIpc) is 2.70. The van der Waals surface area contributed by atoms with E-state index in [2.05, 4.69) is 10.6 Å². The second-order valence-electron chi connectivity index (χ2n) is 9.65. The Morgan fingerprint density at radius 1 is 1.13 bits per heavy atom. The molecule has 4 bridgehead atoms. The second-order valence-corrected chi connectivity index (χ2v) is 10.1. The van der Waals surface area contributed by atoms with Gasteiger partial charge < -0.3 is 24.8 Å². The molecule has 0 saturated heterocycles. The number of rotatable bonds is 6. The van der Waals surface area contributed by atoms with Gasteiger partial charge in [-0.3, -0.25) is 4.79 Å². The van der Waals surface area contributed by atoms with E-state index in [0.29, 0.717) is 22.9 Å². The van der Waals surface area contributed by atoms with Crippen LogP contribution in [0.15, 0.2) is 12.1 Å². The van der Waals surface area contributed by atoms with Crippen LogP contribution in [0, 0.1) is 17.8 Å². The Morgan fingerprint density at radius 2 is 1.84 bits per heavy atom. The molecule has 31 heavy (non-hydrogen) atoms. The average molecular weight is 449 g/mol. The number of ether oxygens (including phenoxy) is 3. The SMILES string of the molecule is O=C(NCCC(=O)OCc1cc(Cl)cc2c1OCOC2)NC12CC3CC(CC(C3)C1)C2. The molecule has 5 aliphatic rings. The highest BCUT2D eigenvalue weighted by Crippen LogP contribution is 2.55. The van der Waals surface area contributed by atoms with Crippen LogP contribution in [0.25, 0.3) is 0 Å². The molecule has 0 spiro atoms. The fraction of sp³-hybridized carbons (Fsp3) is 0.652. The summed E-state index contributed by atoms with van der Waals surface area (Å²) in [6, 6.07) is 3.34. The van der Waals surface area contributed by atoms with Gasteiger partial charge in [-0.05, 0) is 68.4 Å². The van der Waals surface area contributed by atoms with Crippen LogP contribution >= 0.6 is 11.6 Å². The molecule has 6 rings (SSSR count). The third-order valence-electron chi connectivity index (χ3n) is 7.17. The fourth-order valence-corrected chi connectivity index (χ4v) is 6.68. The summed E-state index contributed by atoms with van der Waals surface area (Å²) in [5.41, 5.74) is 1.52. The van der Waals surface area contributed by atoms with E-state index in [9.17, 15) is 9.59 Å². The van der Waals surface area contributed by atoms with Crippen LogP contribution in [0.3, 0.4) is 0 Å². The van der Waals surface area contributed by atoms with Crippen molar-refractivity contribution in [3.8, 4) is 5.75 Å². The topological polar surface area (TPSA) is 85.9 Å². The maximum atomic E-state index is 12.5. The number of fused-ring (bicyclic) bond motifs is 1. The molecule has 8 heteroatoms. The largest absolute Gasteiger partial charge is 0.467 e. The van der Waals surface area contributed by atoms with Crippen LogP contribution in [-0.4, -0.2) is 30.9 Å². The number of benzene rings is 1. The summed E-state index contributed by atoms with van der Waals surface area (Å²) in [7, 11) is 0. The van der Waals surface area contributed by atoms with Crippen molar-refractivity contribution in [1.29, 1.82) is 0 Å². The van der Waals surface area contributed by atoms with Crippen LogP contribution in [0.2, 0.25) is 5.02 Å². The Kier molecular flexibility index (Phi) is 5.73. The number of esters is 1. The van der Waals surface area contributed by atoms with Gasteiger partial charge in [0, 0.05) is 28.2 Å². The summed E-state index contributed by atoms with van der Waals surface area (Å²) in [4.78, 5) is 24.6. The van der Waals surface area contributed by atoms with Crippen molar-refractivity contribution >= 4 is 23.6 Å². The highest BCUT2D eigenvalue weighted by atomic mass is 35.5. The first kappa shape index (κ1) is 20.9. The third kappa shape index (κ3) is 4.62. The number of carbonyl (C=O) groups excluding carboxylic acids is 2. The molecular formula is C23H29ClN2O5. The smallest absolute Gasteiger partial charge is 0.315 e. The minimum absolute atomic E-state index is 0.0330. The minimum atomic E-state index is -0.379. The van der Waals surface area contributed by atoms with Gasteiger partial charge in [0.25, 0.3) is 0 Å². The quantitative estimate of drug-likeness (QED) is 0.644. The second kappa shape index (κ2) is 8.51. The number of hydrogen-bond donors (Lipinski definition) is 2. The van der Waals surface area contributed by atoms with Gasteiger partial charge in [0.05, 0.1) is 13.0 Å². The van der Waals surface area contributed by atoms with Gasteiger partial charge in [-0.2, -0.15) is 0 Å². The van der Waals surface area contributed by atoms with Crippen molar-refractivity contribution in [2.45, 2.75) is 63.7 Å². The van der Waals surface area contributed by atoms with Crippen LogP contribution in [0.5, 0.6) is 5.75 Å². The summed E-state index contributed by atoms with van der Waals surface area (Å²) in [5, 5.41) is 6.63. The Bertz CT molecular complexity index is 838. The monoisotopic (exact) mass is 448 g/mol. The molecule has 0 aromatic heterocycles. The van der Waals surface area contributed by atoms with Gasteiger partial charge in [0.2, 0.25) is 0 Å². The minimum Gasteiger partial charge on any atom is -0.467 e. The Morgan fingerprint density at radius 3 is 2.55 bits per heavy atom. The Labute approximate surface area is 187 Å². The Balaban J connectivity index is 1.07. The first-order valence-electron chi connectivity index (χ1n) is 11.2. The number of amides is 2. The molecule has 4 aliphatic carbocycles. The molecule has 1 aromatic carbocycles. The molecule has 2 amide bonds. The van der Waals surface area contributed by atoms with E-state index in [-0.39, 0.29) is 43.9 Å². The van der Waals surface area contributed by atoms with E-state index in [4.69, 9.17) is 25.8 Å². The highest BCUT2D eigenvalue weighted by molar-refractivity contribution is 6.30. The standard InChI is InChI=1S/C23H29ClN2O5/c24-19-6-17-11-29-13-31-21(17)18(7-19)12-30-20(27)1-2-25-22(28)26-23-8-14-3-15(9-23)5-16(4-14)10-23/h6-7,14-16H,1-5,8-13H2,(H2,25,26,28). The van der Waals surface area contributed by atoms with Gasteiger partial charge in [0.15, 0.2) is 6.79 Å². The fourth-order valence-electron chi connectivity index (χ4n) is 6.42. The number of halogens is 1. The molecule has 7 nitrogen and oxygen atoms in total. The molecule has 4 saturated carbocycles. The number of urea groups is 1. The lowest BCUT2D eigenvalue weighted by molar-refractivity contribution is -0.144. The van der Waals surface area contributed by atoms with Gasteiger partial charge >= 0.3 is 12.0 Å². The first-order valence-corrected chi connectivity index (χ1v) is 11.6.